The van der Waals surface area contributed by atoms with E-state index < -0.39 is 28.9 Å². The fourth-order valence-electron chi connectivity index (χ4n) is 1.69. The highest BCUT2D eigenvalue weighted by molar-refractivity contribution is 6.30. The number of pyridine rings is 1. The molecule has 0 aliphatic carbocycles. The number of nitrogens with zero attached hydrogens (tertiary/aromatic N) is 1. The van der Waals surface area contributed by atoms with Gasteiger partial charge in [0.2, 0.25) is 0 Å². The molecule has 1 N–H and O–H groups in total. The van der Waals surface area contributed by atoms with Crippen LogP contribution in [0.3, 0.4) is 0 Å². The Hall–Kier alpha value is -0.890. The molecule has 4 nitrogen and oxygen atoms in total. The Morgan fingerprint density at radius 3 is 2.25 bits per heavy atom. The molecule has 20 heavy (non-hydrogen) atoms. The Balaban J connectivity index is 3.07. The van der Waals surface area contributed by atoms with E-state index >= 15 is 0 Å². The van der Waals surface area contributed by atoms with Crippen LogP contribution >= 0.6 is 11.6 Å². The maximum atomic E-state index is 12.5. The summed E-state index contributed by atoms with van der Waals surface area (Å²) >= 11 is 5.74. The lowest BCUT2D eigenvalue weighted by atomic mass is 9.93. The van der Waals surface area contributed by atoms with Crippen LogP contribution < -0.4 is 0 Å². The fourth-order valence-corrected chi connectivity index (χ4v) is 2.05. The van der Waals surface area contributed by atoms with Crippen LogP contribution in [0.5, 0.6) is 0 Å². The van der Waals surface area contributed by atoms with Crippen molar-refractivity contribution in [3.8, 4) is 0 Å². The molecule has 8 heteroatoms. The summed E-state index contributed by atoms with van der Waals surface area (Å²) in [6.45, 7) is 1.40. The maximum absolute atomic E-state index is 12.5. The van der Waals surface area contributed by atoms with Gasteiger partial charge in [0.05, 0.1) is 5.60 Å². The SMILES string of the molecule is COC(CC(C)(O)c1ccc(C(F)(F)F)nc1Cl)OC. The molecule has 1 aromatic rings. The van der Waals surface area contributed by atoms with Crippen LogP contribution in [0.1, 0.15) is 24.6 Å². The van der Waals surface area contributed by atoms with Crippen molar-refractivity contribution in [3.05, 3.63) is 28.5 Å². The van der Waals surface area contributed by atoms with E-state index in [-0.39, 0.29) is 12.0 Å². The summed E-state index contributed by atoms with van der Waals surface area (Å²) in [4.78, 5) is 3.27. The number of alkyl halides is 3. The van der Waals surface area contributed by atoms with E-state index in [1.807, 2.05) is 0 Å². The van der Waals surface area contributed by atoms with Gasteiger partial charge < -0.3 is 14.6 Å². The molecule has 0 aliphatic rings. The molecule has 0 bridgehead atoms. The number of aliphatic hydroxyl groups is 1. The van der Waals surface area contributed by atoms with E-state index in [1.165, 1.54) is 21.1 Å². The zero-order valence-electron chi connectivity index (χ0n) is 11.2. The second-order valence-corrected chi connectivity index (χ2v) is 4.77. The zero-order valence-corrected chi connectivity index (χ0v) is 11.9. The van der Waals surface area contributed by atoms with Gasteiger partial charge in [-0.05, 0) is 13.0 Å². The van der Waals surface area contributed by atoms with Gasteiger partial charge in [0.15, 0.2) is 6.29 Å². The first-order valence-corrected chi connectivity index (χ1v) is 6.02. The molecule has 0 fully saturated rings. The van der Waals surface area contributed by atoms with E-state index in [0.29, 0.717) is 0 Å². The molecule has 114 valence electrons. The van der Waals surface area contributed by atoms with Gasteiger partial charge in [-0.2, -0.15) is 13.2 Å². The van der Waals surface area contributed by atoms with Crippen LogP contribution in [-0.2, 0) is 21.3 Å². The molecule has 0 amide bonds. The molecule has 0 spiro atoms. The molecule has 0 saturated carbocycles. The molecular formula is C12H15ClF3NO3. The third-order valence-corrected chi connectivity index (χ3v) is 3.10. The number of hydrogen-bond acceptors (Lipinski definition) is 4. The number of hydrogen-bond donors (Lipinski definition) is 1. The number of halogens is 4. The van der Waals surface area contributed by atoms with Crippen molar-refractivity contribution in [1.82, 2.24) is 4.98 Å². The van der Waals surface area contributed by atoms with Gasteiger partial charge >= 0.3 is 6.18 Å². The quantitative estimate of drug-likeness (QED) is 0.671. The Bertz CT molecular complexity index is 462. The molecule has 0 radical (unpaired) electrons. The zero-order chi connectivity index (χ0) is 15.6. The lowest BCUT2D eigenvalue weighted by Crippen LogP contribution is -2.30. The van der Waals surface area contributed by atoms with E-state index in [0.717, 1.165) is 12.1 Å². The van der Waals surface area contributed by atoms with E-state index in [9.17, 15) is 18.3 Å². The van der Waals surface area contributed by atoms with Crippen LogP contribution in [0.2, 0.25) is 5.15 Å². The van der Waals surface area contributed by atoms with Gasteiger partial charge in [-0.15, -0.1) is 0 Å². The third kappa shape index (κ3) is 4.05. The minimum Gasteiger partial charge on any atom is -0.385 e. The van der Waals surface area contributed by atoms with Crippen molar-refractivity contribution in [2.75, 3.05) is 14.2 Å². The van der Waals surface area contributed by atoms with Crippen LogP contribution in [-0.4, -0.2) is 30.6 Å². The predicted octanol–water partition coefficient (Wildman–Crippen LogP) is 2.97. The number of aromatic nitrogens is 1. The monoisotopic (exact) mass is 313 g/mol. The average Bonchev–Trinajstić information content (AvgIpc) is 2.34. The molecule has 1 heterocycles. The van der Waals surface area contributed by atoms with Crippen molar-refractivity contribution >= 4 is 11.6 Å². The smallest absolute Gasteiger partial charge is 0.385 e. The van der Waals surface area contributed by atoms with Gasteiger partial charge in [-0.25, -0.2) is 4.98 Å². The van der Waals surface area contributed by atoms with Crippen molar-refractivity contribution in [3.63, 3.8) is 0 Å². The Morgan fingerprint density at radius 1 is 1.30 bits per heavy atom. The fraction of sp³-hybridized carbons (Fsp3) is 0.583. The van der Waals surface area contributed by atoms with Crippen molar-refractivity contribution in [2.24, 2.45) is 0 Å². The Kier molecular flexibility index (Phi) is 5.37. The van der Waals surface area contributed by atoms with Crippen LogP contribution in [0.25, 0.3) is 0 Å². The van der Waals surface area contributed by atoms with Gasteiger partial charge in [0.25, 0.3) is 0 Å². The Labute approximate surface area is 119 Å². The maximum Gasteiger partial charge on any atom is 0.433 e. The second kappa shape index (κ2) is 6.26. The van der Waals surface area contributed by atoms with Crippen molar-refractivity contribution in [1.29, 1.82) is 0 Å². The lowest BCUT2D eigenvalue weighted by Gasteiger charge is -2.28. The normalized spacial score (nSPS) is 15.4. The van der Waals surface area contributed by atoms with Crippen molar-refractivity contribution < 1.29 is 27.8 Å². The summed E-state index contributed by atoms with van der Waals surface area (Å²) in [7, 11) is 2.77. The summed E-state index contributed by atoms with van der Waals surface area (Å²) in [5.41, 5.74) is -2.58. The molecule has 1 aromatic heterocycles. The van der Waals surface area contributed by atoms with Crippen LogP contribution in [0.4, 0.5) is 13.2 Å². The van der Waals surface area contributed by atoms with Crippen molar-refractivity contribution in [2.45, 2.75) is 31.4 Å². The Morgan fingerprint density at radius 2 is 1.85 bits per heavy atom. The first kappa shape index (κ1) is 17.2. The summed E-state index contributed by atoms with van der Waals surface area (Å²) in [5, 5.41) is 9.92. The summed E-state index contributed by atoms with van der Waals surface area (Å²) in [5.74, 6) is 0. The van der Waals surface area contributed by atoms with Crippen LogP contribution in [0.15, 0.2) is 12.1 Å². The third-order valence-electron chi connectivity index (χ3n) is 2.81. The highest BCUT2D eigenvalue weighted by atomic mass is 35.5. The minimum absolute atomic E-state index is 0.00718. The standard InChI is InChI=1S/C12H15ClF3NO3/c1-11(18,6-9(19-2)20-3)7-4-5-8(12(14,15)16)17-10(7)13/h4-5,9,18H,6H2,1-3H3. The summed E-state index contributed by atoms with van der Waals surface area (Å²) < 4.78 is 47.4. The molecule has 0 aliphatic heterocycles. The topological polar surface area (TPSA) is 51.6 Å². The molecular weight excluding hydrogens is 299 g/mol. The molecule has 1 atom stereocenters. The van der Waals surface area contributed by atoms with Gasteiger partial charge in [0, 0.05) is 26.2 Å². The van der Waals surface area contributed by atoms with Crippen LogP contribution in [0, 0.1) is 0 Å². The number of rotatable bonds is 5. The summed E-state index contributed by atoms with van der Waals surface area (Å²) in [6, 6.07) is 1.87. The highest BCUT2D eigenvalue weighted by Crippen LogP contribution is 2.35. The predicted molar refractivity (Wildman–Crippen MR) is 66.2 cm³/mol. The average molecular weight is 314 g/mol. The van der Waals surface area contributed by atoms with E-state index in [1.54, 1.807) is 0 Å². The molecule has 1 unspecified atom stereocenters. The van der Waals surface area contributed by atoms with E-state index in [4.69, 9.17) is 21.1 Å². The second-order valence-electron chi connectivity index (χ2n) is 4.41. The first-order valence-electron chi connectivity index (χ1n) is 5.64. The molecule has 0 saturated heterocycles. The highest BCUT2D eigenvalue weighted by Gasteiger charge is 2.35. The largest absolute Gasteiger partial charge is 0.433 e. The number of ether oxygens (including phenoxy) is 2. The number of methoxy groups -OCH3 is 2. The van der Waals surface area contributed by atoms with Gasteiger partial charge in [-0.1, -0.05) is 17.7 Å². The molecule has 0 aromatic carbocycles. The molecule has 1 rings (SSSR count). The summed E-state index contributed by atoms with van der Waals surface area (Å²) in [6.07, 6.45) is -5.31. The van der Waals surface area contributed by atoms with E-state index in [2.05, 4.69) is 4.98 Å². The van der Waals surface area contributed by atoms with Gasteiger partial charge in [0.1, 0.15) is 10.8 Å². The van der Waals surface area contributed by atoms with Gasteiger partial charge in [-0.3, -0.25) is 0 Å². The lowest BCUT2D eigenvalue weighted by molar-refractivity contribution is -0.144. The minimum atomic E-state index is -4.59. The first-order chi connectivity index (χ1) is 9.11.